The summed E-state index contributed by atoms with van der Waals surface area (Å²) in [6.45, 7) is 0.144. The topological polar surface area (TPSA) is 59.1 Å². The van der Waals surface area contributed by atoms with Crippen LogP contribution in [0.25, 0.3) is 0 Å². The maximum absolute atomic E-state index is 8.54. The second-order valence-corrected chi connectivity index (χ2v) is 3.09. The fraction of sp³-hybridized carbons (Fsp3) is 0.300. The lowest BCUT2D eigenvalue weighted by molar-refractivity contribution is 0.290. The van der Waals surface area contributed by atoms with E-state index < -0.39 is 0 Å². The van der Waals surface area contributed by atoms with E-state index in [1.807, 2.05) is 0 Å². The molecule has 0 atom stereocenters. The lowest BCUT2D eigenvalue weighted by Gasteiger charge is -1.98. The summed E-state index contributed by atoms with van der Waals surface area (Å²) >= 11 is 5.87. The van der Waals surface area contributed by atoms with Crippen LogP contribution in [0.1, 0.15) is 18.4 Å². The van der Waals surface area contributed by atoms with Crippen LogP contribution in [0.2, 0.25) is 5.02 Å². The first kappa shape index (κ1) is 10.8. The van der Waals surface area contributed by atoms with E-state index in [1.165, 1.54) is 6.20 Å². The lowest BCUT2D eigenvalue weighted by atomic mass is 10.2. The van der Waals surface area contributed by atoms with Gasteiger partial charge in [0.1, 0.15) is 5.82 Å². The molecule has 0 saturated carbocycles. The molecular formula is C10H11ClN2O. The Morgan fingerprint density at radius 2 is 2.36 bits per heavy atom. The fourth-order valence-electron chi connectivity index (χ4n) is 0.895. The summed E-state index contributed by atoms with van der Waals surface area (Å²) in [5.41, 5.74) is 6.15. The summed E-state index contributed by atoms with van der Waals surface area (Å²) < 4.78 is 0. The Hall–Kier alpha value is -1.24. The standard InChI is InChI=1S/C10H11ClN2O/c11-9-5-6-13-10(12)8(9)4-2-1-3-7-14/h5-6,14H,1,3,7H2,(H2,12,13). The van der Waals surface area contributed by atoms with Gasteiger partial charge in [-0.25, -0.2) is 4.98 Å². The van der Waals surface area contributed by atoms with Crippen LogP contribution in [0.15, 0.2) is 12.3 Å². The molecule has 4 heteroatoms. The summed E-state index contributed by atoms with van der Waals surface area (Å²) in [6.07, 6.45) is 2.82. The van der Waals surface area contributed by atoms with Crippen LogP contribution in [0.4, 0.5) is 5.82 Å². The number of nitrogen functional groups attached to an aromatic ring is 1. The van der Waals surface area contributed by atoms with Gasteiger partial charge >= 0.3 is 0 Å². The quantitative estimate of drug-likeness (QED) is 0.574. The minimum absolute atomic E-state index is 0.144. The molecule has 1 heterocycles. The lowest BCUT2D eigenvalue weighted by Crippen LogP contribution is -1.94. The molecule has 0 amide bonds. The molecule has 0 spiro atoms. The normalized spacial score (nSPS) is 9.29. The highest BCUT2D eigenvalue weighted by Gasteiger charge is 2.00. The van der Waals surface area contributed by atoms with Gasteiger partial charge < -0.3 is 10.8 Å². The number of anilines is 1. The predicted octanol–water partition coefficient (Wildman–Crippen LogP) is 1.44. The van der Waals surface area contributed by atoms with Crippen LogP contribution in [0.5, 0.6) is 0 Å². The van der Waals surface area contributed by atoms with Gasteiger partial charge in [0, 0.05) is 19.2 Å². The first-order valence-electron chi connectivity index (χ1n) is 4.25. The average Bonchev–Trinajstić information content (AvgIpc) is 2.16. The van der Waals surface area contributed by atoms with E-state index in [4.69, 9.17) is 22.4 Å². The number of rotatable bonds is 2. The largest absolute Gasteiger partial charge is 0.396 e. The molecule has 0 aliphatic carbocycles. The van der Waals surface area contributed by atoms with Gasteiger partial charge in [0.05, 0.1) is 10.6 Å². The molecule has 3 N–H and O–H groups in total. The van der Waals surface area contributed by atoms with E-state index in [0.29, 0.717) is 29.2 Å². The van der Waals surface area contributed by atoms with Gasteiger partial charge in [-0.3, -0.25) is 0 Å². The van der Waals surface area contributed by atoms with Gasteiger partial charge in [-0.2, -0.15) is 0 Å². The Morgan fingerprint density at radius 3 is 3.00 bits per heavy atom. The molecule has 0 radical (unpaired) electrons. The van der Waals surface area contributed by atoms with Gasteiger partial charge in [-0.1, -0.05) is 23.4 Å². The predicted molar refractivity (Wildman–Crippen MR) is 56.9 cm³/mol. The van der Waals surface area contributed by atoms with Crippen molar-refractivity contribution in [1.29, 1.82) is 0 Å². The van der Waals surface area contributed by atoms with Crippen molar-refractivity contribution in [3.05, 3.63) is 22.8 Å². The number of halogens is 1. The van der Waals surface area contributed by atoms with Crippen molar-refractivity contribution >= 4 is 17.4 Å². The van der Waals surface area contributed by atoms with E-state index in [0.717, 1.165) is 0 Å². The zero-order chi connectivity index (χ0) is 10.4. The smallest absolute Gasteiger partial charge is 0.140 e. The first-order chi connectivity index (χ1) is 6.75. The summed E-state index contributed by atoms with van der Waals surface area (Å²) in [5, 5.41) is 9.05. The highest BCUT2D eigenvalue weighted by atomic mass is 35.5. The minimum Gasteiger partial charge on any atom is -0.396 e. The molecule has 0 saturated heterocycles. The Balaban J connectivity index is 2.78. The Morgan fingerprint density at radius 1 is 1.57 bits per heavy atom. The van der Waals surface area contributed by atoms with Crippen LogP contribution in [0, 0.1) is 11.8 Å². The van der Waals surface area contributed by atoms with Crippen LogP contribution in [0.3, 0.4) is 0 Å². The third kappa shape index (κ3) is 2.91. The Kier molecular flexibility index (Phi) is 4.24. The summed E-state index contributed by atoms with van der Waals surface area (Å²) in [7, 11) is 0. The number of pyridine rings is 1. The molecule has 0 aromatic carbocycles. The first-order valence-corrected chi connectivity index (χ1v) is 4.63. The maximum Gasteiger partial charge on any atom is 0.140 e. The molecule has 0 unspecified atom stereocenters. The third-order valence-corrected chi connectivity index (χ3v) is 1.92. The maximum atomic E-state index is 8.54. The second-order valence-electron chi connectivity index (χ2n) is 2.68. The van der Waals surface area contributed by atoms with Gasteiger partial charge in [0.15, 0.2) is 0 Å². The van der Waals surface area contributed by atoms with Crippen molar-refractivity contribution in [2.45, 2.75) is 12.8 Å². The second kappa shape index (κ2) is 5.48. The summed E-state index contributed by atoms with van der Waals surface area (Å²) in [5.74, 6) is 6.05. The molecule has 0 aliphatic rings. The molecule has 1 aromatic rings. The molecular weight excluding hydrogens is 200 g/mol. The number of aromatic nitrogens is 1. The number of nitrogens with two attached hydrogens (primary N) is 1. The summed E-state index contributed by atoms with van der Waals surface area (Å²) in [6, 6.07) is 1.65. The van der Waals surface area contributed by atoms with E-state index in [9.17, 15) is 0 Å². The third-order valence-electron chi connectivity index (χ3n) is 1.60. The van der Waals surface area contributed by atoms with E-state index in [2.05, 4.69) is 16.8 Å². The van der Waals surface area contributed by atoms with Gasteiger partial charge in [0.25, 0.3) is 0 Å². The number of aliphatic hydroxyl groups excluding tert-OH is 1. The molecule has 74 valence electrons. The van der Waals surface area contributed by atoms with Crippen LogP contribution in [-0.2, 0) is 0 Å². The van der Waals surface area contributed by atoms with Crippen molar-refractivity contribution in [3.8, 4) is 11.8 Å². The average molecular weight is 211 g/mol. The highest BCUT2D eigenvalue weighted by molar-refractivity contribution is 6.32. The van der Waals surface area contributed by atoms with Crippen molar-refractivity contribution in [2.24, 2.45) is 0 Å². The monoisotopic (exact) mass is 210 g/mol. The summed E-state index contributed by atoms with van der Waals surface area (Å²) in [4.78, 5) is 3.88. The zero-order valence-electron chi connectivity index (χ0n) is 7.63. The number of hydrogen-bond donors (Lipinski definition) is 2. The molecule has 14 heavy (non-hydrogen) atoms. The van der Waals surface area contributed by atoms with E-state index in [-0.39, 0.29) is 6.61 Å². The molecule has 1 rings (SSSR count). The molecule has 3 nitrogen and oxygen atoms in total. The van der Waals surface area contributed by atoms with Crippen molar-refractivity contribution in [1.82, 2.24) is 4.98 Å². The molecule has 0 fully saturated rings. The van der Waals surface area contributed by atoms with E-state index in [1.54, 1.807) is 6.07 Å². The van der Waals surface area contributed by atoms with Gasteiger partial charge in [0.2, 0.25) is 0 Å². The van der Waals surface area contributed by atoms with Crippen LogP contribution in [-0.4, -0.2) is 16.7 Å². The Labute approximate surface area is 87.9 Å². The zero-order valence-corrected chi connectivity index (χ0v) is 8.38. The molecule has 0 aliphatic heterocycles. The van der Waals surface area contributed by atoms with E-state index >= 15 is 0 Å². The molecule has 0 bridgehead atoms. The van der Waals surface area contributed by atoms with Crippen LogP contribution >= 0.6 is 11.6 Å². The SMILES string of the molecule is Nc1nccc(Cl)c1C#CCCCO. The molecule has 1 aromatic heterocycles. The number of hydrogen-bond acceptors (Lipinski definition) is 3. The number of nitrogens with zero attached hydrogens (tertiary/aromatic N) is 1. The number of unbranched alkanes of at least 4 members (excludes halogenated alkanes) is 1. The van der Waals surface area contributed by atoms with Crippen LogP contribution < -0.4 is 5.73 Å². The fourth-order valence-corrected chi connectivity index (χ4v) is 1.10. The number of aliphatic hydroxyl groups is 1. The highest BCUT2D eigenvalue weighted by Crippen LogP contribution is 2.17. The Bertz CT molecular complexity index is 348. The van der Waals surface area contributed by atoms with Gasteiger partial charge in [-0.15, -0.1) is 0 Å². The van der Waals surface area contributed by atoms with Crippen molar-refractivity contribution < 1.29 is 5.11 Å². The minimum atomic E-state index is 0.144. The van der Waals surface area contributed by atoms with Crippen molar-refractivity contribution in [3.63, 3.8) is 0 Å². The van der Waals surface area contributed by atoms with Crippen molar-refractivity contribution in [2.75, 3.05) is 12.3 Å². The van der Waals surface area contributed by atoms with Gasteiger partial charge in [-0.05, 0) is 12.5 Å².